The van der Waals surface area contributed by atoms with E-state index in [4.69, 9.17) is 9.47 Å². The third kappa shape index (κ3) is 2.50. The second-order valence-electron chi connectivity index (χ2n) is 4.99. The van der Waals surface area contributed by atoms with Crippen LogP contribution in [0.5, 0.6) is 11.5 Å². The molecule has 3 heteroatoms. The molecule has 3 nitrogen and oxygen atoms in total. The molecular weight excluding hydrogens is 240 g/mol. The van der Waals surface area contributed by atoms with Gasteiger partial charge < -0.3 is 9.47 Å². The van der Waals surface area contributed by atoms with Crippen molar-refractivity contribution >= 4 is 5.78 Å². The molecule has 0 radical (unpaired) electrons. The van der Waals surface area contributed by atoms with Crippen molar-refractivity contribution < 1.29 is 14.3 Å². The normalized spacial score (nSPS) is 18.4. The zero-order valence-corrected chi connectivity index (χ0v) is 11.0. The van der Waals surface area contributed by atoms with Crippen LogP contribution in [0, 0.1) is 0 Å². The molecule has 0 spiro atoms. The number of carbonyl (C=O) groups is 1. The van der Waals surface area contributed by atoms with Crippen molar-refractivity contribution in [2.75, 3.05) is 13.2 Å². The van der Waals surface area contributed by atoms with Crippen LogP contribution in [0.25, 0.3) is 0 Å². The third-order valence-corrected chi connectivity index (χ3v) is 3.64. The lowest BCUT2D eigenvalue weighted by molar-refractivity contribution is 0.101. The molecule has 1 aromatic rings. The number of ketones is 1. The van der Waals surface area contributed by atoms with E-state index in [2.05, 4.69) is 6.08 Å². The Morgan fingerprint density at radius 3 is 2.89 bits per heavy atom. The maximum Gasteiger partial charge on any atom is 0.192 e. The summed E-state index contributed by atoms with van der Waals surface area (Å²) in [7, 11) is 0. The van der Waals surface area contributed by atoms with Crippen LogP contribution in [0.3, 0.4) is 0 Å². The van der Waals surface area contributed by atoms with Gasteiger partial charge in [0.2, 0.25) is 0 Å². The maximum atomic E-state index is 12.6. The lowest BCUT2D eigenvalue weighted by Gasteiger charge is -2.20. The van der Waals surface area contributed by atoms with Gasteiger partial charge >= 0.3 is 0 Å². The summed E-state index contributed by atoms with van der Waals surface area (Å²) in [5.41, 5.74) is 1.57. The Morgan fingerprint density at radius 1 is 1.05 bits per heavy atom. The largest absolute Gasteiger partial charge is 0.486 e. The number of ether oxygens (including phenoxy) is 2. The summed E-state index contributed by atoms with van der Waals surface area (Å²) in [6.45, 7) is 1.06. The van der Waals surface area contributed by atoms with Gasteiger partial charge in [0.25, 0.3) is 0 Å². The van der Waals surface area contributed by atoms with Crippen molar-refractivity contribution in [2.24, 2.45) is 0 Å². The molecule has 0 unspecified atom stereocenters. The third-order valence-electron chi connectivity index (χ3n) is 3.64. The van der Waals surface area contributed by atoms with Crippen LogP contribution in [0.1, 0.15) is 42.5 Å². The lowest BCUT2D eigenvalue weighted by Crippen LogP contribution is -2.18. The van der Waals surface area contributed by atoms with Gasteiger partial charge in [-0.15, -0.1) is 0 Å². The molecule has 1 heterocycles. The number of carbonyl (C=O) groups excluding carboxylic acids is 1. The minimum absolute atomic E-state index is 0.101. The number of hydrogen-bond acceptors (Lipinski definition) is 3. The summed E-state index contributed by atoms with van der Waals surface area (Å²) < 4.78 is 11.2. The summed E-state index contributed by atoms with van der Waals surface area (Å²) in [4.78, 5) is 12.6. The van der Waals surface area contributed by atoms with Crippen molar-refractivity contribution in [2.45, 2.75) is 32.1 Å². The minimum atomic E-state index is 0.101. The number of rotatable bonds is 2. The first kappa shape index (κ1) is 12.3. The van der Waals surface area contributed by atoms with Crippen LogP contribution in [0.4, 0.5) is 0 Å². The SMILES string of the molecule is O=C(C1=CCCCCC1)c1cccc2c1OCCO2. The van der Waals surface area contributed by atoms with E-state index < -0.39 is 0 Å². The number of allylic oxidation sites excluding steroid dienone is 2. The highest BCUT2D eigenvalue weighted by molar-refractivity contribution is 6.10. The molecule has 0 amide bonds. The van der Waals surface area contributed by atoms with Crippen molar-refractivity contribution in [3.05, 3.63) is 35.4 Å². The minimum Gasteiger partial charge on any atom is -0.486 e. The molecule has 0 aromatic heterocycles. The zero-order valence-electron chi connectivity index (χ0n) is 11.0. The molecule has 0 saturated carbocycles. The average molecular weight is 258 g/mol. The van der Waals surface area contributed by atoms with Crippen molar-refractivity contribution in [3.63, 3.8) is 0 Å². The molecule has 100 valence electrons. The van der Waals surface area contributed by atoms with Crippen LogP contribution in [-0.4, -0.2) is 19.0 Å². The van der Waals surface area contributed by atoms with E-state index in [9.17, 15) is 4.79 Å². The van der Waals surface area contributed by atoms with Gasteiger partial charge in [-0.2, -0.15) is 0 Å². The Labute approximate surface area is 113 Å². The van der Waals surface area contributed by atoms with Crippen LogP contribution < -0.4 is 9.47 Å². The fourth-order valence-corrected chi connectivity index (χ4v) is 2.65. The summed E-state index contributed by atoms with van der Waals surface area (Å²) in [5.74, 6) is 1.40. The van der Waals surface area contributed by atoms with E-state index in [1.165, 1.54) is 12.8 Å². The van der Waals surface area contributed by atoms with Gasteiger partial charge in [-0.05, 0) is 43.4 Å². The highest BCUT2D eigenvalue weighted by atomic mass is 16.6. The van der Waals surface area contributed by atoms with Crippen LogP contribution in [-0.2, 0) is 0 Å². The zero-order chi connectivity index (χ0) is 13.1. The Balaban J connectivity index is 1.93. The summed E-state index contributed by atoms with van der Waals surface area (Å²) in [5, 5.41) is 0. The fraction of sp³-hybridized carbons (Fsp3) is 0.438. The van der Waals surface area contributed by atoms with Crippen LogP contribution in [0.2, 0.25) is 0 Å². The van der Waals surface area contributed by atoms with E-state index >= 15 is 0 Å². The molecule has 1 aromatic carbocycles. The van der Waals surface area contributed by atoms with E-state index in [1.54, 1.807) is 0 Å². The van der Waals surface area contributed by atoms with Crippen LogP contribution in [0.15, 0.2) is 29.8 Å². The predicted molar refractivity (Wildman–Crippen MR) is 72.9 cm³/mol. The molecule has 0 N–H and O–H groups in total. The lowest BCUT2D eigenvalue weighted by atomic mass is 9.98. The first-order chi connectivity index (χ1) is 9.36. The van der Waals surface area contributed by atoms with E-state index in [0.29, 0.717) is 30.3 Å². The molecule has 0 bridgehead atoms. The number of fused-ring (bicyclic) bond motifs is 1. The second kappa shape index (κ2) is 5.47. The second-order valence-corrected chi connectivity index (χ2v) is 4.99. The van der Waals surface area contributed by atoms with Gasteiger partial charge in [0.05, 0.1) is 5.56 Å². The molecule has 2 aliphatic rings. The number of para-hydroxylation sites is 1. The Kier molecular flexibility index (Phi) is 3.53. The van der Waals surface area contributed by atoms with Crippen molar-refractivity contribution in [1.82, 2.24) is 0 Å². The summed E-state index contributed by atoms with van der Waals surface area (Å²) >= 11 is 0. The molecule has 19 heavy (non-hydrogen) atoms. The Morgan fingerprint density at radius 2 is 1.95 bits per heavy atom. The molecule has 0 saturated heterocycles. The quantitative estimate of drug-likeness (QED) is 0.761. The number of benzene rings is 1. The van der Waals surface area contributed by atoms with E-state index in [0.717, 1.165) is 24.8 Å². The summed E-state index contributed by atoms with van der Waals surface area (Å²) in [6, 6.07) is 5.55. The number of Topliss-reactive ketones (excluding diaryl/α,β-unsaturated/α-hetero) is 1. The standard InChI is InChI=1S/C16H18O3/c17-15(12-6-3-1-2-4-7-12)13-8-5-9-14-16(13)19-11-10-18-14/h5-6,8-9H,1-4,7,10-11H2. The number of hydrogen-bond donors (Lipinski definition) is 0. The van der Waals surface area contributed by atoms with Gasteiger partial charge in [-0.25, -0.2) is 0 Å². The van der Waals surface area contributed by atoms with Crippen LogP contribution >= 0.6 is 0 Å². The smallest absolute Gasteiger partial charge is 0.192 e. The first-order valence-corrected chi connectivity index (χ1v) is 6.98. The highest BCUT2D eigenvalue weighted by Crippen LogP contribution is 2.35. The molecule has 1 aliphatic heterocycles. The van der Waals surface area contributed by atoms with Crippen molar-refractivity contribution in [3.8, 4) is 11.5 Å². The Bertz CT molecular complexity index is 517. The van der Waals surface area contributed by atoms with Gasteiger partial charge in [-0.3, -0.25) is 4.79 Å². The average Bonchev–Trinajstić information content (AvgIpc) is 2.75. The molecule has 0 fully saturated rings. The van der Waals surface area contributed by atoms with E-state index in [-0.39, 0.29) is 5.78 Å². The first-order valence-electron chi connectivity index (χ1n) is 6.98. The fourth-order valence-electron chi connectivity index (χ4n) is 2.65. The predicted octanol–water partition coefficient (Wildman–Crippen LogP) is 3.53. The Hall–Kier alpha value is -1.77. The van der Waals surface area contributed by atoms with Gasteiger partial charge in [0.15, 0.2) is 17.3 Å². The van der Waals surface area contributed by atoms with Crippen molar-refractivity contribution in [1.29, 1.82) is 0 Å². The monoisotopic (exact) mass is 258 g/mol. The molecule has 3 rings (SSSR count). The highest BCUT2D eigenvalue weighted by Gasteiger charge is 2.22. The van der Waals surface area contributed by atoms with Gasteiger partial charge in [0, 0.05) is 0 Å². The molecule has 0 atom stereocenters. The molecular formula is C16H18O3. The van der Waals surface area contributed by atoms with E-state index in [1.807, 2.05) is 18.2 Å². The summed E-state index contributed by atoms with van der Waals surface area (Å²) in [6.07, 6.45) is 7.47. The van der Waals surface area contributed by atoms with Gasteiger partial charge in [0.1, 0.15) is 13.2 Å². The molecule has 1 aliphatic carbocycles. The maximum absolute atomic E-state index is 12.6. The topological polar surface area (TPSA) is 35.5 Å². The van der Waals surface area contributed by atoms with Gasteiger partial charge in [-0.1, -0.05) is 18.6 Å².